The number of aliphatic hydroxyl groups excluding tert-OH is 1. The number of aliphatic hydroxyl groups is 1. The number of esters is 1. The predicted octanol–water partition coefficient (Wildman–Crippen LogP) is 2.22. The molecule has 6 atom stereocenters. The minimum atomic E-state index is -1.35. The number of carbonyl (C=O) groups excluding carboxylic acids is 3. The number of nitrogens with zero attached hydrogens (tertiary/aromatic N) is 2. The zero-order valence-electron chi connectivity index (χ0n) is 20.8. The highest BCUT2D eigenvalue weighted by atomic mass is 16.6. The Morgan fingerprint density at radius 1 is 1.06 bits per heavy atom. The normalized spacial score (nSPS) is 36.0. The average Bonchev–Trinajstić information content (AvgIpc) is 3.21. The van der Waals surface area contributed by atoms with Crippen LogP contribution in [0.3, 0.4) is 0 Å². The molecule has 1 spiro atoms. The van der Waals surface area contributed by atoms with Gasteiger partial charge in [-0.25, -0.2) is 0 Å². The number of rotatable bonds is 4. The van der Waals surface area contributed by atoms with Crippen molar-refractivity contribution in [2.75, 3.05) is 19.8 Å². The number of fused-ring (bicyclic) bond motifs is 2. The van der Waals surface area contributed by atoms with Crippen molar-refractivity contribution in [3.8, 4) is 0 Å². The summed E-state index contributed by atoms with van der Waals surface area (Å²) in [5.74, 6) is -2.95. The maximum atomic E-state index is 14.2. The Labute approximate surface area is 211 Å². The van der Waals surface area contributed by atoms with E-state index in [0.29, 0.717) is 13.1 Å². The SMILES string of the molecule is C[C@H](CO)N1C(=O)[C@@H]2[C@H]3C(=O)OCCCC/C=C\[C@@]3(C)O[C@@]23C=CCN(Cc2ccccc2)C(=O)C13. The number of amides is 2. The molecule has 1 aromatic rings. The Morgan fingerprint density at radius 3 is 2.58 bits per heavy atom. The third kappa shape index (κ3) is 3.87. The summed E-state index contributed by atoms with van der Waals surface area (Å²) in [4.78, 5) is 44.8. The lowest BCUT2D eigenvalue weighted by Crippen LogP contribution is -2.58. The first-order chi connectivity index (χ1) is 17.3. The maximum absolute atomic E-state index is 14.2. The lowest BCUT2D eigenvalue weighted by molar-refractivity contribution is -0.161. The molecular weight excluding hydrogens is 460 g/mol. The molecule has 192 valence electrons. The van der Waals surface area contributed by atoms with Crippen LogP contribution in [0, 0.1) is 11.8 Å². The van der Waals surface area contributed by atoms with Crippen LogP contribution in [0.5, 0.6) is 0 Å². The summed E-state index contributed by atoms with van der Waals surface area (Å²) in [5, 5.41) is 10.0. The molecule has 1 N–H and O–H groups in total. The van der Waals surface area contributed by atoms with Crippen LogP contribution in [-0.2, 0) is 30.4 Å². The van der Waals surface area contributed by atoms with Gasteiger partial charge in [-0.15, -0.1) is 0 Å². The smallest absolute Gasteiger partial charge is 0.313 e. The molecule has 2 saturated heterocycles. The van der Waals surface area contributed by atoms with Crippen molar-refractivity contribution in [2.45, 2.75) is 62.9 Å². The van der Waals surface area contributed by atoms with Crippen molar-refractivity contribution in [1.29, 1.82) is 0 Å². The van der Waals surface area contributed by atoms with Crippen molar-refractivity contribution < 1.29 is 29.0 Å². The molecule has 1 aromatic carbocycles. The Bertz CT molecular complexity index is 1090. The summed E-state index contributed by atoms with van der Waals surface area (Å²) in [6.07, 6.45) is 9.98. The number of allylic oxidation sites excluding steroid dienone is 1. The van der Waals surface area contributed by atoms with Gasteiger partial charge in [0.05, 0.1) is 30.8 Å². The largest absolute Gasteiger partial charge is 0.465 e. The van der Waals surface area contributed by atoms with Crippen LogP contribution in [0.15, 0.2) is 54.6 Å². The van der Waals surface area contributed by atoms with Crippen LogP contribution in [0.1, 0.15) is 38.7 Å². The molecule has 1 unspecified atom stereocenters. The topological polar surface area (TPSA) is 96.4 Å². The van der Waals surface area contributed by atoms with Crippen LogP contribution >= 0.6 is 0 Å². The van der Waals surface area contributed by atoms with E-state index in [1.165, 1.54) is 4.90 Å². The van der Waals surface area contributed by atoms with Crippen LogP contribution in [-0.4, -0.2) is 75.7 Å². The number of likely N-dealkylation sites (tertiary alicyclic amines) is 1. The van der Waals surface area contributed by atoms with E-state index >= 15 is 0 Å². The van der Waals surface area contributed by atoms with E-state index in [-0.39, 0.29) is 25.0 Å². The Kier molecular flexibility index (Phi) is 6.51. The lowest BCUT2D eigenvalue weighted by Gasteiger charge is -2.39. The second-order valence-electron chi connectivity index (χ2n) is 10.4. The van der Waals surface area contributed by atoms with Crippen molar-refractivity contribution in [1.82, 2.24) is 9.80 Å². The second kappa shape index (κ2) is 9.48. The molecule has 36 heavy (non-hydrogen) atoms. The monoisotopic (exact) mass is 494 g/mol. The van der Waals surface area contributed by atoms with Gasteiger partial charge < -0.3 is 24.4 Å². The van der Waals surface area contributed by atoms with Crippen LogP contribution in [0.4, 0.5) is 0 Å². The highest BCUT2D eigenvalue weighted by Gasteiger charge is 2.75. The van der Waals surface area contributed by atoms with Crippen molar-refractivity contribution in [3.63, 3.8) is 0 Å². The fourth-order valence-electron chi connectivity index (χ4n) is 6.29. The molecule has 0 radical (unpaired) electrons. The van der Waals surface area contributed by atoms with E-state index in [0.717, 1.165) is 24.8 Å². The second-order valence-corrected chi connectivity index (χ2v) is 10.4. The molecule has 4 aliphatic heterocycles. The molecule has 8 nitrogen and oxygen atoms in total. The average molecular weight is 495 g/mol. The van der Waals surface area contributed by atoms with Gasteiger partial charge in [-0.1, -0.05) is 54.6 Å². The zero-order chi connectivity index (χ0) is 25.5. The fourth-order valence-corrected chi connectivity index (χ4v) is 6.29. The summed E-state index contributed by atoms with van der Waals surface area (Å²) in [6.45, 7) is 4.21. The number of hydrogen-bond donors (Lipinski definition) is 1. The third-order valence-corrected chi connectivity index (χ3v) is 7.98. The first kappa shape index (κ1) is 24.7. The van der Waals surface area contributed by atoms with Gasteiger partial charge in [0.25, 0.3) is 0 Å². The molecule has 8 heteroatoms. The van der Waals surface area contributed by atoms with Gasteiger partial charge in [-0.3, -0.25) is 14.4 Å². The summed E-state index contributed by atoms with van der Waals surface area (Å²) < 4.78 is 12.4. The predicted molar refractivity (Wildman–Crippen MR) is 131 cm³/mol. The minimum absolute atomic E-state index is 0.260. The quantitative estimate of drug-likeness (QED) is 0.509. The van der Waals surface area contributed by atoms with Crippen molar-refractivity contribution in [2.24, 2.45) is 11.8 Å². The number of hydrogen-bond acceptors (Lipinski definition) is 6. The van der Waals surface area contributed by atoms with Gasteiger partial charge in [0, 0.05) is 13.1 Å². The summed E-state index contributed by atoms with van der Waals surface area (Å²) in [7, 11) is 0. The molecule has 0 bridgehead atoms. The summed E-state index contributed by atoms with van der Waals surface area (Å²) >= 11 is 0. The van der Waals surface area contributed by atoms with Crippen LogP contribution < -0.4 is 0 Å². The van der Waals surface area contributed by atoms with Gasteiger partial charge in [0.1, 0.15) is 17.6 Å². The molecule has 0 saturated carbocycles. The maximum Gasteiger partial charge on any atom is 0.313 e. The molecule has 5 rings (SSSR count). The van der Waals surface area contributed by atoms with E-state index in [1.54, 1.807) is 18.7 Å². The fraction of sp³-hybridized carbons (Fsp3) is 0.536. The standard InChI is InChI=1S/C28H34N2O6/c1-19(18-31)30-23-25(33)29(17-20-11-6-5-7-12-20)15-10-14-28(23)21(24(30)32)22-26(34)35-16-9-4-3-8-13-27(22,2)36-28/h5-8,10-14,19,21-23,31H,3-4,9,15-18H2,1-2H3/b13-8-/t19-,21+,22+,23?,27-,28+/m1/s1. The van der Waals surface area contributed by atoms with Gasteiger partial charge in [-0.2, -0.15) is 0 Å². The van der Waals surface area contributed by atoms with E-state index in [1.807, 2.05) is 54.6 Å². The lowest BCUT2D eigenvalue weighted by atomic mass is 9.74. The molecule has 2 amide bonds. The van der Waals surface area contributed by atoms with Gasteiger partial charge in [0.2, 0.25) is 11.8 Å². The van der Waals surface area contributed by atoms with Gasteiger partial charge >= 0.3 is 5.97 Å². The highest BCUT2D eigenvalue weighted by Crippen LogP contribution is 2.57. The Balaban J connectivity index is 1.61. The molecule has 0 aliphatic carbocycles. The first-order valence-electron chi connectivity index (χ1n) is 12.8. The first-order valence-corrected chi connectivity index (χ1v) is 12.8. The molecular formula is C28H34N2O6. The van der Waals surface area contributed by atoms with Crippen LogP contribution in [0.25, 0.3) is 0 Å². The molecule has 4 aliphatic rings. The number of carbonyl (C=O) groups is 3. The third-order valence-electron chi connectivity index (χ3n) is 7.98. The minimum Gasteiger partial charge on any atom is -0.465 e. The van der Waals surface area contributed by atoms with E-state index in [4.69, 9.17) is 9.47 Å². The van der Waals surface area contributed by atoms with Crippen molar-refractivity contribution >= 4 is 17.8 Å². The number of benzene rings is 1. The van der Waals surface area contributed by atoms with Crippen LogP contribution in [0.2, 0.25) is 0 Å². The van der Waals surface area contributed by atoms with Gasteiger partial charge in [-0.05, 0) is 38.7 Å². The Hall–Kier alpha value is -2.97. The van der Waals surface area contributed by atoms with E-state index in [9.17, 15) is 19.5 Å². The number of ether oxygens (including phenoxy) is 2. The molecule has 2 fully saturated rings. The van der Waals surface area contributed by atoms with E-state index < -0.39 is 41.1 Å². The molecule has 4 heterocycles. The number of cyclic esters (lactones) is 1. The summed E-state index contributed by atoms with van der Waals surface area (Å²) in [5.41, 5.74) is -1.49. The van der Waals surface area contributed by atoms with Crippen molar-refractivity contribution in [3.05, 3.63) is 60.2 Å². The van der Waals surface area contributed by atoms with Gasteiger partial charge in [0.15, 0.2) is 0 Å². The zero-order valence-corrected chi connectivity index (χ0v) is 20.8. The van der Waals surface area contributed by atoms with E-state index in [2.05, 4.69) is 0 Å². The Morgan fingerprint density at radius 2 is 1.83 bits per heavy atom. The summed E-state index contributed by atoms with van der Waals surface area (Å²) in [6, 6.07) is 8.04. The highest BCUT2D eigenvalue weighted by molar-refractivity contribution is 5.99. The molecule has 0 aromatic heterocycles.